The number of hydrogen-bond donors (Lipinski definition) is 1. The Hall–Kier alpha value is -2.84. The average molecular weight is 352 g/mol. The van der Waals surface area contributed by atoms with E-state index in [2.05, 4.69) is 0 Å². The van der Waals surface area contributed by atoms with E-state index in [9.17, 15) is 19.7 Å². The molecule has 1 heterocycles. The van der Waals surface area contributed by atoms with Gasteiger partial charge in [0, 0.05) is 19.2 Å². The number of nitro benzene ring substituents is 1. The predicted molar refractivity (Wildman–Crippen MR) is 87.1 cm³/mol. The van der Waals surface area contributed by atoms with Crippen LogP contribution < -0.4 is 9.47 Å². The van der Waals surface area contributed by atoms with Crippen LogP contribution in [0.25, 0.3) is 0 Å². The molecule has 0 aliphatic carbocycles. The number of carbonyl (C=O) groups excluding carboxylic acids is 1. The molecule has 0 spiro atoms. The zero-order valence-electron chi connectivity index (χ0n) is 14.1. The van der Waals surface area contributed by atoms with E-state index < -0.39 is 28.4 Å². The van der Waals surface area contributed by atoms with Crippen LogP contribution in [-0.4, -0.2) is 53.6 Å². The molecule has 2 rings (SSSR count). The van der Waals surface area contributed by atoms with Crippen LogP contribution in [0.15, 0.2) is 12.1 Å². The monoisotopic (exact) mass is 352 g/mol. The number of nitro groups is 1. The number of hydrogen-bond acceptors (Lipinski definition) is 6. The minimum atomic E-state index is -0.976. The standard InChI is InChI=1S/C16H20N2O7/c1-3-25-14-8-12(18(22)23)11(7-13(14)24-2)15(19)17-6-4-5-10(9-17)16(20)21/h7-8,10H,3-6,9H2,1-2H3,(H,20,21)/t10-/m0/s1. The van der Waals surface area contributed by atoms with Crippen LogP contribution >= 0.6 is 0 Å². The first-order valence-electron chi connectivity index (χ1n) is 7.90. The van der Waals surface area contributed by atoms with Gasteiger partial charge in [-0.15, -0.1) is 0 Å². The van der Waals surface area contributed by atoms with Gasteiger partial charge in [-0.3, -0.25) is 19.7 Å². The van der Waals surface area contributed by atoms with Gasteiger partial charge in [-0.1, -0.05) is 0 Å². The van der Waals surface area contributed by atoms with Crippen molar-refractivity contribution in [2.24, 2.45) is 5.92 Å². The van der Waals surface area contributed by atoms with E-state index in [1.54, 1.807) is 6.92 Å². The second-order valence-electron chi connectivity index (χ2n) is 5.64. The third kappa shape index (κ3) is 3.98. The molecular formula is C16H20N2O7. The third-order valence-corrected chi connectivity index (χ3v) is 4.07. The Morgan fingerprint density at radius 3 is 2.68 bits per heavy atom. The summed E-state index contributed by atoms with van der Waals surface area (Å²) in [6, 6.07) is 2.43. The van der Waals surface area contributed by atoms with Crippen LogP contribution in [-0.2, 0) is 4.79 Å². The molecule has 0 bridgehead atoms. The fourth-order valence-corrected chi connectivity index (χ4v) is 2.83. The molecule has 1 saturated heterocycles. The second-order valence-corrected chi connectivity index (χ2v) is 5.64. The highest BCUT2D eigenvalue weighted by Gasteiger charge is 2.32. The SMILES string of the molecule is CCOc1cc([N+](=O)[O-])c(C(=O)N2CCC[C@H](C(=O)O)C2)cc1OC. The molecule has 1 fully saturated rings. The first kappa shape index (κ1) is 18.5. The fourth-order valence-electron chi connectivity index (χ4n) is 2.83. The van der Waals surface area contributed by atoms with Crippen molar-refractivity contribution < 1.29 is 29.1 Å². The molecule has 0 aromatic heterocycles. The molecule has 0 saturated carbocycles. The van der Waals surface area contributed by atoms with Gasteiger partial charge >= 0.3 is 5.97 Å². The Morgan fingerprint density at radius 1 is 1.40 bits per heavy atom. The van der Waals surface area contributed by atoms with Crippen molar-refractivity contribution in [1.82, 2.24) is 4.90 Å². The highest BCUT2D eigenvalue weighted by atomic mass is 16.6. The number of ether oxygens (including phenoxy) is 2. The molecule has 1 N–H and O–H groups in total. The Bertz CT molecular complexity index is 689. The van der Waals surface area contributed by atoms with Gasteiger partial charge in [0.25, 0.3) is 11.6 Å². The average Bonchev–Trinajstić information content (AvgIpc) is 2.61. The largest absolute Gasteiger partial charge is 0.493 e. The van der Waals surface area contributed by atoms with Crippen molar-refractivity contribution in [3.63, 3.8) is 0 Å². The van der Waals surface area contributed by atoms with Gasteiger partial charge in [-0.25, -0.2) is 0 Å². The summed E-state index contributed by atoms with van der Waals surface area (Å²) in [6.45, 7) is 2.40. The zero-order chi connectivity index (χ0) is 18.6. The van der Waals surface area contributed by atoms with Crippen molar-refractivity contribution in [2.75, 3.05) is 26.8 Å². The number of carboxylic acid groups (broad SMARTS) is 1. The molecule has 0 unspecified atom stereocenters. The maximum atomic E-state index is 12.8. The number of carbonyl (C=O) groups is 2. The molecule has 1 amide bonds. The predicted octanol–water partition coefficient (Wildman–Crippen LogP) is 1.94. The van der Waals surface area contributed by atoms with Gasteiger partial charge in [-0.05, 0) is 19.8 Å². The quantitative estimate of drug-likeness (QED) is 0.613. The van der Waals surface area contributed by atoms with Gasteiger partial charge in [0.2, 0.25) is 0 Å². The number of amides is 1. The van der Waals surface area contributed by atoms with E-state index in [1.165, 1.54) is 18.1 Å². The summed E-state index contributed by atoms with van der Waals surface area (Å²) in [5, 5.41) is 20.5. The number of likely N-dealkylation sites (tertiary alicyclic amines) is 1. The van der Waals surface area contributed by atoms with E-state index >= 15 is 0 Å². The minimum Gasteiger partial charge on any atom is -0.493 e. The molecule has 25 heavy (non-hydrogen) atoms. The molecule has 1 atom stereocenters. The maximum Gasteiger partial charge on any atom is 0.308 e. The summed E-state index contributed by atoms with van der Waals surface area (Å²) in [5.74, 6) is -1.84. The summed E-state index contributed by atoms with van der Waals surface area (Å²) < 4.78 is 10.5. The summed E-state index contributed by atoms with van der Waals surface area (Å²) in [6.07, 6.45) is 1.01. The van der Waals surface area contributed by atoms with Crippen molar-refractivity contribution in [1.29, 1.82) is 0 Å². The fraction of sp³-hybridized carbons (Fsp3) is 0.500. The van der Waals surface area contributed by atoms with Crippen molar-refractivity contribution in [3.8, 4) is 11.5 Å². The lowest BCUT2D eigenvalue weighted by atomic mass is 9.97. The highest BCUT2D eigenvalue weighted by Crippen LogP contribution is 2.35. The lowest BCUT2D eigenvalue weighted by Crippen LogP contribution is -2.42. The van der Waals surface area contributed by atoms with E-state index in [0.717, 1.165) is 6.07 Å². The number of piperidine rings is 1. The van der Waals surface area contributed by atoms with Gasteiger partial charge < -0.3 is 19.5 Å². The van der Waals surface area contributed by atoms with Gasteiger partial charge in [0.15, 0.2) is 11.5 Å². The molecular weight excluding hydrogens is 332 g/mol. The number of rotatable bonds is 6. The Morgan fingerprint density at radius 2 is 2.12 bits per heavy atom. The van der Waals surface area contributed by atoms with Crippen LogP contribution in [0.4, 0.5) is 5.69 Å². The van der Waals surface area contributed by atoms with E-state index in [1.807, 2.05) is 0 Å². The lowest BCUT2D eigenvalue weighted by molar-refractivity contribution is -0.385. The zero-order valence-corrected chi connectivity index (χ0v) is 14.1. The molecule has 1 aliphatic heterocycles. The number of carboxylic acids is 1. The molecule has 136 valence electrons. The van der Waals surface area contributed by atoms with Gasteiger partial charge in [0.05, 0.1) is 30.6 Å². The normalized spacial score (nSPS) is 17.0. The molecule has 9 heteroatoms. The third-order valence-electron chi connectivity index (χ3n) is 4.07. The van der Waals surface area contributed by atoms with Crippen molar-refractivity contribution in [2.45, 2.75) is 19.8 Å². The summed E-state index contributed by atoms with van der Waals surface area (Å²) in [7, 11) is 1.37. The van der Waals surface area contributed by atoms with Crippen LogP contribution in [0.3, 0.4) is 0 Å². The van der Waals surface area contributed by atoms with E-state index in [0.29, 0.717) is 19.4 Å². The summed E-state index contributed by atoms with van der Waals surface area (Å²) >= 11 is 0. The highest BCUT2D eigenvalue weighted by molar-refractivity contribution is 5.99. The second kappa shape index (κ2) is 7.82. The van der Waals surface area contributed by atoms with E-state index in [4.69, 9.17) is 14.6 Å². The van der Waals surface area contributed by atoms with Gasteiger partial charge in [-0.2, -0.15) is 0 Å². The summed E-state index contributed by atoms with van der Waals surface area (Å²) in [5.41, 5.74) is -0.539. The first-order chi connectivity index (χ1) is 11.9. The van der Waals surface area contributed by atoms with Gasteiger partial charge in [0.1, 0.15) is 5.56 Å². The van der Waals surface area contributed by atoms with Crippen LogP contribution in [0.1, 0.15) is 30.1 Å². The smallest absolute Gasteiger partial charge is 0.308 e. The Labute approximate surface area is 144 Å². The number of methoxy groups -OCH3 is 1. The van der Waals surface area contributed by atoms with Crippen molar-refractivity contribution in [3.05, 3.63) is 27.8 Å². The van der Waals surface area contributed by atoms with Crippen LogP contribution in [0.2, 0.25) is 0 Å². The topological polar surface area (TPSA) is 119 Å². The maximum absolute atomic E-state index is 12.8. The van der Waals surface area contributed by atoms with Crippen LogP contribution in [0.5, 0.6) is 11.5 Å². The Kier molecular flexibility index (Phi) is 5.79. The minimum absolute atomic E-state index is 0.0286. The molecule has 9 nitrogen and oxygen atoms in total. The van der Waals surface area contributed by atoms with E-state index in [-0.39, 0.29) is 30.2 Å². The number of aliphatic carboxylic acids is 1. The molecule has 1 aromatic rings. The molecule has 0 radical (unpaired) electrons. The van der Waals surface area contributed by atoms with Crippen LogP contribution in [0, 0.1) is 16.0 Å². The number of benzene rings is 1. The molecule has 1 aromatic carbocycles. The first-order valence-corrected chi connectivity index (χ1v) is 7.90. The summed E-state index contributed by atoms with van der Waals surface area (Å²) in [4.78, 5) is 36.0. The molecule has 1 aliphatic rings. The number of nitrogens with zero attached hydrogens (tertiary/aromatic N) is 2. The Balaban J connectivity index is 2.40. The lowest BCUT2D eigenvalue weighted by Gasteiger charge is -2.30. The van der Waals surface area contributed by atoms with Crippen molar-refractivity contribution >= 4 is 17.6 Å².